The Morgan fingerprint density at radius 2 is 2.06 bits per heavy atom. The zero-order valence-electron chi connectivity index (χ0n) is 19.7. The van der Waals surface area contributed by atoms with Gasteiger partial charge in [-0.15, -0.1) is 0 Å². The van der Waals surface area contributed by atoms with Crippen LogP contribution in [0.1, 0.15) is 42.2 Å². The number of methoxy groups -OCH3 is 1. The number of aliphatic imine (C=N–C) groups is 1. The SMILES string of the molecule is CCNC(=NCc1ccc(OC)c(NC(C)=O)c1)N1CCOC(c2ccc(C)cc2C)C1. The number of nitrogens with one attached hydrogen (secondary N) is 2. The number of carbonyl (C=O) groups excluding carboxylic acids is 1. The van der Waals surface area contributed by atoms with E-state index in [0.717, 1.165) is 31.2 Å². The molecule has 0 saturated carbocycles. The van der Waals surface area contributed by atoms with Gasteiger partial charge in [-0.05, 0) is 49.6 Å². The molecular weight excluding hydrogens is 404 g/mol. The molecule has 1 atom stereocenters. The Morgan fingerprint density at radius 3 is 2.75 bits per heavy atom. The van der Waals surface area contributed by atoms with Gasteiger partial charge in [-0.1, -0.05) is 29.8 Å². The van der Waals surface area contributed by atoms with Gasteiger partial charge in [0, 0.05) is 20.0 Å². The third kappa shape index (κ3) is 6.01. The van der Waals surface area contributed by atoms with Gasteiger partial charge in [0.05, 0.1) is 32.5 Å². The molecule has 0 radical (unpaired) electrons. The molecule has 1 heterocycles. The molecule has 1 saturated heterocycles. The number of rotatable bonds is 6. The molecule has 1 fully saturated rings. The fraction of sp³-hybridized carbons (Fsp3) is 0.440. The van der Waals surface area contributed by atoms with Crippen LogP contribution in [0.3, 0.4) is 0 Å². The number of aryl methyl sites for hydroxylation is 2. The highest BCUT2D eigenvalue weighted by atomic mass is 16.5. The number of ether oxygens (including phenoxy) is 2. The van der Waals surface area contributed by atoms with E-state index >= 15 is 0 Å². The van der Waals surface area contributed by atoms with Gasteiger partial charge in [-0.3, -0.25) is 4.79 Å². The maximum Gasteiger partial charge on any atom is 0.221 e. The molecule has 2 N–H and O–H groups in total. The van der Waals surface area contributed by atoms with E-state index in [0.29, 0.717) is 24.6 Å². The monoisotopic (exact) mass is 438 g/mol. The summed E-state index contributed by atoms with van der Waals surface area (Å²) >= 11 is 0. The zero-order chi connectivity index (χ0) is 23.1. The van der Waals surface area contributed by atoms with E-state index < -0.39 is 0 Å². The molecule has 32 heavy (non-hydrogen) atoms. The summed E-state index contributed by atoms with van der Waals surface area (Å²) in [4.78, 5) is 18.6. The maximum atomic E-state index is 11.5. The van der Waals surface area contributed by atoms with Crippen LogP contribution in [0.25, 0.3) is 0 Å². The number of anilines is 1. The van der Waals surface area contributed by atoms with Gasteiger partial charge in [-0.2, -0.15) is 0 Å². The predicted octanol–water partition coefficient (Wildman–Crippen LogP) is 3.81. The summed E-state index contributed by atoms with van der Waals surface area (Å²) < 4.78 is 11.5. The van der Waals surface area contributed by atoms with Crippen molar-refractivity contribution in [1.29, 1.82) is 0 Å². The molecule has 7 nitrogen and oxygen atoms in total. The van der Waals surface area contributed by atoms with Crippen molar-refractivity contribution in [2.24, 2.45) is 4.99 Å². The smallest absolute Gasteiger partial charge is 0.221 e. The summed E-state index contributed by atoms with van der Waals surface area (Å²) in [6, 6.07) is 12.2. The van der Waals surface area contributed by atoms with Crippen molar-refractivity contribution in [3.05, 3.63) is 58.7 Å². The lowest BCUT2D eigenvalue weighted by atomic mass is 10.00. The Balaban J connectivity index is 1.77. The Kier molecular flexibility index (Phi) is 8.11. The van der Waals surface area contributed by atoms with Crippen LogP contribution in [0.2, 0.25) is 0 Å². The van der Waals surface area contributed by atoms with Crippen LogP contribution in [0.4, 0.5) is 5.69 Å². The number of benzene rings is 2. The molecule has 3 rings (SSSR count). The largest absolute Gasteiger partial charge is 0.495 e. The predicted molar refractivity (Wildman–Crippen MR) is 128 cm³/mol. The minimum atomic E-state index is -0.136. The molecular formula is C25H34N4O3. The van der Waals surface area contributed by atoms with Gasteiger partial charge < -0.3 is 25.0 Å². The lowest BCUT2D eigenvalue weighted by Gasteiger charge is -2.36. The van der Waals surface area contributed by atoms with Crippen LogP contribution in [0.15, 0.2) is 41.4 Å². The van der Waals surface area contributed by atoms with Crippen molar-refractivity contribution in [2.75, 3.05) is 38.7 Å². The van der Waals surface area contributed by atoms with Crippen molar-refractivity contribution in [1.82, 2.24) is 10.2 Å². The Labute approximate surface area is 190 Å². The summed E-state index contributed by atoms with van der Waals surface area (Å²) in [6.45, 7) is 11.3. The Morgan fingerprint density at radius 1 is 1.25 bits per heavy atom. The third-order valence-corrected chi connectivity index (χ3v) is 5.46. The molecule has 1 aliphatic heterocycles. The van der Waals surface area contributed by atoms with Crippen LogP contribution in [-0.2, 0) is 16.1 Å². The van der Waals surface area contributed by atoms with E-state index in [1.54, 1.807) is 7.11 Å². The van der Waals surface area contributed by atoms with Crippen molar-refractivity contribution < 1.29 is 14.3 Å². The normalized spacial score (nSPS) is 16.6. The molecule has 0 aromatic heterocycles. The highest BCUT2D eigenvalue weighted by Gasteiger charge is 2.25. The van der Waals surface area contributed by atoms with Crippen LogP contribution < -0.4 is 15.4 Å². The van der Waals surface area contributed by atoms with E-state index in [1.165, 1.54) is 23.6 Å². The van der Waals surface area contributed by atoms with Gasteiger partial charge in [-0.25, -0.2) is 4.99 Å². The molecule has 2 aromatic carbocycles. The van der Waals surface area contributed by atoms with E-state index in [2.05, 4.69) is 54.5 Å². The average molecular weight is 439 g/mol. The lowest BCUT2D eigenvalue weighted by molar-refractivity contribution is -0.114. The summed E-state index contributed by atoms with van der Waals surface area (Å²) in [5.74, 6) is 1.36. The lowest BCUT2D eigenvalue weighted by Crippen LogP contribution is -2.48. The Bertz CT molecular complexity index is 974. The number of amides is 1. The second-order valence-electron chi connectivity index (χ2n) is 8.05. The molecule has 2 aromatic rings. The number of morpholine rings is 1. The summed E-state index contributed by atoms with van der Waals surface area (Å²) in [7, 11) is 1.59. The van der Waals surface area contributed by atoms with Crippen LogP contribution in [0, 0.1) is 13.8 Å². The minimum Gasteiger partial charge on any atom is -0.495 e. The van der Waals surface area contributed by atoms with Gasteiger partial charge in [0.15, 0.2) is 5.96 Å². The van der Waals surface area contributed by atoms with Crippen molar-refractivity contribution in [2.45, 2.75) is 40.3 Å². The first-order valence-electron chi connectivity index (χ1n) is 11.1. The van der Waals surface area contributed by atoms with Gasteiger partial charge >= 0.3 is 0 Å². The summed E-state index contributed by atoms with van der Waals surface area (Å²) in [5, 5.41) is 6.23. The van der Waals surface area contributed by atoms with Gasteiger partial charge in [0.2, 0.25) is 5.91 Å². The highest BCUT2D eigenvalue weighted by Crippen LogP contribution is 2.27. The molecule has 0 aliphatic carbocycles. The number of guanidine groups is 1. The number of hydrogen-bond donors (Lipinski definition) is 2. The van der Waals surface area contributed by atoms with E-state index in [-0.39, 0.29) is 12.0 Å². The molecule has 0 spiro atoms. The fourth-order valence-corrected chi connectivity index (χ4v) is 3.95. The zero-order valence-corrected chi connectivity index (χ0v) is 19.7. The topological polar surface area (TPSA) is 75.2 Å². The Hall–Kier alpha value is -3.06. The van der Waals surface area contributed by atoms with Crippen molar-refractivity contribution in [3.8, 4) is 5.75 Å². The minimum absolute atomic E-state index is 0.0144. The molecule has 1 unspecified atom stereocenters. The fourth-order valence-electron chi connectivity index (χ4n) is 3.95. The number of carbonyl (C=O) groups is 1. The van der Waals surface area contributed by atoms with Gasteiger partial charge in [0.1, 0.15) is 11.9 Å². The van der Waals surface area contributed by atoms with E-state index in [9.17, 15) is 4.79 Å². The maximum absolute atomic E-state index is 11.5. The first kappa shape index (κ1) is 23.6. The standard InChI is InChI=1S/C25H34N4O3/c1-6-26-25(27-15-20-8-10-23(31-5)22(14-20)28-19(4)30)29-11-12-32-24(16-29)21-9-7-17(2)13-18(21)3/h7-10,13-14,24H,6,11-12,15-16H2,1-5H3,(H,26,27)(H,28,30). The molecule has 172 valence electrons. The number of nitrogens with zero attached hydrogens (tertiary/aromatic N) is 2. The van der Waals surface area contributed by atoms with Crippen LogP contribution in [0.5, 0.6) is 5.75 Å². The number of hydrogen-bond acceptors (Lipinski definition) is 4. The second-order valence-corrected chi connectivity index (χ2v) is 8.05. The first-order valence-corrected chi connectivity index (χ1v) is 11.1. The quantitative estimate of drug-likeness (QED) is 0.530. The molecule has 1 amide bonds. The van der Waals surface area contributed by atoms with Crippen LogP contribution in [-0.4, -0.2) is 50.1 Å². The van der Waals surface area contributed by atoms with Gasteiger partial charge in [0.25, 0.3) is 0 Å². The molecule has 7 heteroatoms. The second kappa shape index (κ2) is 11.0. The third-order valence-electron chi connectivity index (χ3n) is 5.46. The van der Waals surface area contributed by atoms with Crippen molar-refractivity contribution in [3.63, 3.8) is 0 Å². The molecule has 1 aliphatic rings. The highest BCUT2D eigenvalue weighted by molar-refractivity contribution is 5.90. The van der Waals surface area contributed by atoms with Crippen LogP contribution >= 0.6 is 0 Å². The first-order chi connectivity index (χ1) is 15.4. The average Bonchev–Trinajstić information content (AvgIpc) is 2.76. The summed E-state index contributed by atoms with van der Waals surface area (Å²) in [5.41, 5.74) is 5.38. The molecule has 0 bridgehead atoms. The van der Waals surface area contributed by atoms with E-state index in [1.807, 2.05) is 18.2 Å². The van der Waals surface area contributed by atoms with E-state index in [4.69, 9.17) is 14.5 Å². The summed E-state index contributed by atoms with van der Waals surface area (Å²) in [6.07, 6.45) is 0.0144. The van der Waals surface area contributed by atoms with Crippen molar-refractivity contribution >= 4 is 17.6 Å².